The quantitative estimate of drug-likeness (QED) is 0.928. The minimum Gasteiger partial charge on any atom is -0.370 e. The number of nitrogens with one attached hydrogen (secondary N) is 1. The first-order chi connectivity index (χ1) is 11.3. The Morgan fingerprint density at radius 2 is 1.96 bits per heavy atom. The highest BCUT2D eigenvalue weighted by atomic mass is 19.4. The summed E-state index contributed by atoms with van der Waals surface area (Å²) in [7, 11) is 1.89. The molecule has 1 N–H and O–H groups in total. The van der Waals surface area contributed by atoms with Gasteiger partial charge in [-0.05, 0) is 37.6 Å². The Hall–Kier alpha value is -2.02. The molecule has 2 heterocycles. The molecule has 1 fully saturated rings. The maximum Gasteiger partial charge on any atom is 0.416 e. The van der Waals surface area contributed by atoms with Gasteiger partial charge in [0.1, 0.15) is 0 Å². The molecule has 0 aliphatic carbocycles. The molecule has 0 spiro atoms. The van der Waals surface area contributed by atoms with Crippen LogP contribution in [0.5, 0.6) is 0 Å². The number of benzene rings is 1. The number of aromatic nitrogens is 2. The maximum atomic E-state index is 12.6. The van der Waals surface area contributed by atoms with E-state index in [9.17, 15) is 13.2 Å². The third-order valence-electron chi connectivity index (χ3n) is 4.46. The summed E-state index contributed by atoms with van der Waals surface area (Å²) in [6.45, 7) is 3.72. The summed E-state index contributed by atoms with van der Waals surface area (Å²) >= 11 is 0. The molecule has 0 radical (unpaired) electrons. The minimum absolute atomic E-state index is 0.191. The van der Waals surface area contributed by atoms with Gasteiger partial charge in [0.05, 0.1) is 11.8 Å². The number of anilines is 1. The molecule has 1 aliphatic rings. The lowest BCUT2D eigenvalue weighted by Crippen LogP contribution is -2.34. The van der Waals surface area contributed by atoms with E-state index in [1.165, 1.54) is 0 Å². The van der Waals surface area contributed by atoms with Crippen molar-refractivity contribution in [3.8, 4) is 0 Å². The van der Waals surface area contributed by atoms with Crippen LogP contribution in [0.25, 0.3) is 0 Å². The number of hydrogen-bond donors (Lipinski definition) is 1. The van der Waals surface area contributed by atoms with Gasteiger partial charge in [-0.25, -0.2) is 0 Å². The van der Waals surface area contributed by atoms with Crippen molar-refractivity contribution in [1.29, 1.82) is 0 Å². The molecule has 1 aliphatic heterocycles. The van der Waals surface area contributed by atoms with Crippen molar-refractivity contribution in [3.05, 3.63) is 47.8 Å². The molecule has 2 atom stereocenters. The third-order valence-corrected chi connectivity index (χ3v) is 4.46. The van der Waals surface area contributed by atoms with Crippen LogP contribution in [0, 0.1) is 0 Å². The first-order valence-electron chi connectivity index (χ1n) is 8.00. The molecule has 7 heteroatoms. The lowest BCUT2D eigenvalue weighted by Gasteiger charge is -2.21. The van der Waals surface area contributed by atoms with E-state index >= 15 is 0 Å². The number of rotatable bonds is 4. The Balaban J connectivity index is 1.59. The van der Waals surface area contributed by atoms with Gasteiger partial charge in [-0.3, -0.25) is 4.68 Å². The highest BCUT2D eigenvalue weighted by molar-refractivity contribution is 5.49. The van der Waals surface area contributed by atoms with E-state index in [4.69, 9.17) is 0 Å². The second-order valence-corrected chi connectivity index (χ2v) is 6.31. The van der Waals surface area contributed by atoms with E-state index in [0.29, 0.717) is 6.04 Å². The lowest BCUT2D eigenvalue weighted by molar-refractivity contribution is -0.137. The summed E-state index contributed by atoms with van der Waals surface area (Å²) in [6, 6.07) is 5.90. The molecule has 1 aromatic carbocycles. The van der Waals surface area contributed by atoms with Crippen LogP contribution in [0.15, 0.2) is 36.7 Å². The van der Waals surface area contributed by atoms with Gasteiger partial charge in [0.15, 0.2) is 0 Å². The molecule has 0 bridgehead atoms. The van der Waals surface area contributed by atoms with Crippen LogP contribution in [0.1, 0.15) is 30.5 Å². The third kappa shape index (κ3) is 3.72. The predicted molar refractivity (Wildman–Crippen MR) is 86.8 cm³/mol. The SMILES string of the molecule is C[C@@H](N[C@@H]1CCN(c2ccc(C(F)(F)F)cc2)C1)c1cnn(C)c1. The van der Waals surface area contributed by atoms with Gasteiger partial charge in [0.2, 0.25) is 0 Å². The minimum atomic E-state index is -4.28. The highest BCUT2D eigenvalue weighted by Crippen LogP contribution is 2.31. The van der Waals surface area contributed by atoms with Gasteiger partial charge in [0.25, 0.3) is 0 Å². The maximum absolute atomic E-state index is 12.6. The zero-order chi connectivity index (χ0) is 17.3. The summed E-state index contributed by atoms with van der Waals surface area (Å²) in [5.74, 6) is 0. The van der Waals surface area contributed by atoms with Crippen molar-refractivity contribution in [2.45, 2.75) is 31.6 Å². The Morgan fingerprint density at radius 1 is 1.25 bits per heavy atom. The Morgan fingerprint density at radius 3 is 2.54 bits per heavy atom. The van der Waals surface area contributed by atoms with E-state index in [0.717, 1.165) is 42.9 Å². The highest BCUT2D eigenvalue weighted by Gasteiger charge is 2.31. The number of aryl methyl sites for hydroxylation is 1. The summed E-state index contributed by atoms with van der Waals surface area (Å²) in [5, 5.41) is 7.75. The van der Waals surface area contributed by atoms with Gasteiger partial charge in [-0.15, -0.1) is 0 Å². The van der Waals surface area contributed by atoms with Crippen LogP contribution in [-0.4, -0.2) is 28.9 Å². The van der Waals surface area contributed by atoms with Gasteiger partial charge in [-0.2, -0.15) is 18.3 Å². The molecule has 0 saturated carbocycles. The van der Waals surface area contributed by atoms with Gasteiger partial charge in [-0.1, -0.05) is 0 Å². The van der Waals surface area contributed by atoms with Gasteiger partial charge in [0, 0.05) is 49.7 Å². The molecule has 0 unspecified atom stereocenters. The van der Waals surface area contributed by atoms with Crippen LogP contribution >= 0.6 is 0 Å². The van der Waals surface area contributed by atoms with E-state index in [1.54, 1.807) is 16.8 Å². The fourth-order valence-corrected chi connectivity index (χ4v) is 3.11. The second-order valence-electron chi connectivity index (χ2n) is 6.31. The van der Waals surface area contributed by atoms with Crippen LogP contribution in [0.2, 0.25) is 0 Å². The Kier molecular flexibility index (Phi) is 4.54. The van der Waals surface area contributed by atoms with E-state index in [2.05, 4.69) is 22.2 Å². The first kappa shape index (κ1) is 16.8. The van der Waals surface area contributed by atoms with Crippen molar-refractivity contribution < 1.29 is 13.2 Å². The van der Waals surface area contributed by atoms with Crippen molar-refractivity contribution in [2.75, 3.05) is 18.0 Å². The monoisotopic (exact) mass is 338 g/mol. The standard InChI is InChI=1S/C17H21F3N4/c1-12(13-9-21-23(2)10-13)22-15-7-8-24(11-15)16-5-3-14(4-6-16)17(18,19)20/h3-6,9-10,12,15,22H,7-8,11H2,1-2H3/t12-,15-/m1/s1. The summed E-state index contributed by atoms with van der Waals surface area (Å²) in [5.41, 5.74) is 1.36. The average Bonchev–Trinajstić information content (AvgIpc) is 3.16. The zero-order valence-electron chi connectivity index (χ0n) is 13.7. The topological polar surface area (TPSA) is 33.1 Å². The number of alkyl halides is 3. The molecule has 1 aromatic heterocycles. The fraction of sp³-hybridized carbons (Fsp3) is 0.471. The zero-order valence-corrected chi connectivity index (χ0v) is 13.7. The van der Waals surface area contributed by atoms with Crippen LogP contribution < -0.4 is 10.2 Å². The summed E-state index contributed by atoms with van der Waals surface area (Å²) in [6.07, 6.45) is 0.513. The van der Waals surface area contributed by atoms with E-state index in [1.807, 2.05) is 19.4 Å². The van der Waals surface area contributed by atoms with E-state index < -0.39 is 11.7 Å². The average molecular weight is 338 g/mol. The molecule has 24 heavy (non-hydrogen) atoms. The van der Waals surface area contributed by atoms with Crippen molar-refractivity contribution in [2.24, 2.45) is 7.05 Å². The Bertz CT molecular complexity index is 678. The van der Waals surface area contributed by atoms with Crippen molar-refractivity contribution in [3.63, 3.8) is 0 Å². The summed E-state index contributed by atoms with van der Waals surface area (Å²) < 4.78 is 39.7. The molecular formula is C17H21F3N4. The Labute approximate surface area is 139 Å². The smallest absolute Gasteiger partial charge is 0.370 e. The molecule has 3 rings (SSSR count). The predicted octanol–water partition coefficient (Wildman–Crippen LogP) is 3.37. The van der Waals surface area contributed by atoms with E-state index in [-0.39, 0.29) is 6.04 Å². The molecule has 130 valence electrons. The fourth-order valence-electron chi connectivity index (χ4n) is 3.11. The number of hydrogen-bond acceptors (Lipinski definition) is 3. The van der Waals surface area contributed by atoms with Crippen molar-refractivity contribution >= 4 is 5.69 Å². The summed E-state index contributed by atoms with van der Waals surface area (Å²) in [4.78, 5) is 2.12. The van der Waals surface area contributed by atoms with Crippen LogP contribution in [-0.2, 0) is 13.2 Å². The van der Waals surface area contributed by atoms with Crippen LogP contribution in [0.4, 0.5) is 18.9 Å². The first-order valence-corrected chi connectivity index (χ1v) is 8.00. The molecular weight excluding hydrogens is 317 g/mol. The molecule has 0 amide bonds. The second kappa shape index (κ2) is 6.47. The largest absolute Gasteiger partial charge is 0.416 e. The molecule has 4 nitrogen and oxygen atoms in total. The normalized spacial score (nSPS) is 19.7. The van der Waals surface area contributed by atoms with Crippen molar-refractivity contribution in [1.82, 2.24) is 15.1 Å². The lowest BCUT2D eigenvalue weighted by atomic mass is 10.1. The molecule has 2 aromatic rings. The van der Waals surface area contributed by atoms with Gasteiger partial charge < -0.3 is 10.2 Å². The van der Waals surface area contributed by atoms with Gasteiger partial charge >= 0.3 is 6.18 Å². The van der Waals surface area contributed by atoms with Crippen LogP contribution in [0.3, 0.4) is 0 Å². The number of halogens is 3. The number of nitrogens with zero attached hydrogens (tertiary/aromatic N) is 3. The molecule has 1 saturated heterocycles.